The molecule has 166 valence electrons. The second-order valence-corrected chi connectivity index (χ2v) is 8.41. The Morgan fingerprint density at radius 2 is 1.84 bits per heavy atom. The highest BCUT2D eigenvalue weighted by Gasteiger charge is 2.13. The summed E-state index contributed by atoms with van der Waals surface area (Å²) in [6.07, 6.45) is 0. The second kappa shape index (κ2) is 10.3. The number of fused-ring (bicyclic) bond motifs is 1. The molecule has 2 N–H and O–H groups in total. The summed E-state index contributed by atoms with van der Waals surface area (Å²) < 4.78 is 25.9. The van der Waals surface area contributed by atoms with Crippen LogP contribution in [0.2, 0.25) is 5.02 Å². The summed E-state index contributed by atoms with van der Waals surface area (Å²) in [5.41, 5.74) is 3.69. The Hall–Kier alpha value is -2.61. The summed E-state index contributed by atoms with van der Waals surface area (Å²) in [6, 6.07) is 16.0. The summed E-state index contributed by atoms with van der Waals surface area (Å²) in [5, 5.41) is 3.73. The minimum atomic E-state index is -0.379. The maximum absolute atomic E-state index is 13.3. The van der Waals surface area contributed by atoms with Gasteiger partial charge in [-0.3, -0.25) is 0 Å². The number of halogens is 3. The molecule has 0 amide bonds. The number of aromatic amines is 1. The number of hydrogen-bond acceptors (Lipinski definition) is 4. The Morgan fingerprint density at radius 3 is 2.62 bits per heavy atom. The van der Waals surface area contributed by atoms with Crippen LogP contribution < -0.4 is 14.8 Å². The predicted octanol–water partition coefficient (Wildman–Crippen LogP) is 6.39. The summed E-state index contributed by atoms with van der Waals surface area (Å²) in [4.78, 5) is 7.90. The molecular formula is C24H22BrClFN3O2. The quantitative estimate of drug-likeness (QED) is 0.270. The van der Waals surface area contributed by atoms with E-state index in [-0.39, 0.29) is 12.4 Å². The van der Waals surface area contributed by atoms with E-state index in [2.05, 4.69) is 31.2 Å². The number of benzene rings is 3. The lowest BCUT2D eigenvalue weighted by molar-refractivity contribution is 0.268. The van der Waals surface area contributed by atoms with Gasteiger partial charge in [-0.1, -0.05) is 45.7 Å². The van der Waals surface area contributed by atoms with Crippen molar-refractivity contribution in [3.8, 4) is 11.5 Å². The van der Waals surface area contributed by atoms with Crippen LogP contribution in [0.15, 0.2) is 59.1 Å². The van der Waals surface area contributed by atoms with Crippen LogP contribution in [0.5, 0.6) is 11.5 Å². The van der Waals surface area contributed by atoms with Crippen LogP contribution in [-0.4, -0.2) is 16.6 Å². The summed E-state index contributed by atoms with van der Waals surface area (Å²) in [7, 11) is 0. The fraction of sp³-hybridized carbons (Fsp3) is 0.208. The van der Waals surface area contributed by atoms with Crippen molar-refractivity contribution in [1.82, 2.24) is 15.3 Å². The molecule has 0 aliphatic heterocycles. The summed E-state index contributed by atoms with van der Waals surface area (Å²) >= 11 is 9.73. The molecule has 4 rings (SSSR count). The van der Waals surface area contributed by atoms with Crippen molar-refractivity contribution in [2.75, 3.05) is 6.61 Å². The van der Waals surface area contributed by atoms with Gasteiger partial charge in [-0.05, 0) is 48.9 Å². The van der Waals surface area contributed by atoms with Crippen LogP contribution in [0.3, 0.4) is 0 Å². The molecule has 0 spiro atoms. The molecule has 0 saturated carbocycles. The molecule has 0 bridgehead atoms. The first kappa shape index (κ1) is 22.6. The van der Waals surface area contributed by atoms with Crippen molar-refractivity contribution in [1.29, 1.82) is 0 Å². The van der Waals surface area contributed by atoms with E-state index < -0.39 is 0 Å². The Balaban J connectivity index is 1.43. The highest BCUT2D eigenvalue weighted by Crippen LogP contribution is 2.35. The van der Waals surface area contributed by atoms with E-state index >= 15 is 0 Å². The van der Waals surface area contributed by atoms with Gasteiger partial charge in [-0.25, -0.2) is 9.37 Å². The van der Waals surface area contributed by atoms with Gasteiger partial charge < -0.3 is 19.8 Å². The zero-order valence-corrected chi connectivity index (χ0v) is 19.8. The number of aromatic nitrogens is 2. The molecule has 5 nitrogen and oxygen atoms in total. The first-order chi connectivity index (χ1) is 15.5. The molecule has 0 aliphatic carbocycles. The van der Waals surface area contributed by atoms with E-state index in [1.54, 1.807) is 6.07 Å². The second-order valence-electron chi connectivity index (χ2n) is 7.15. The molecule has 1 heterocycles. The van der Waals surface area contributed by atoms with Crippen LogP contribution in [0.4, 0.5) is 4.39 Å². The van der Waals surface area contributed by atoms with Crippen LogP contribution in [-0.2, 0) is 19.7 Å². The first-order valence-electron chi connectivity index (χ1n) is 10.2. The Bertz CT molecular complexity index is 1200. The maximum Gasteiger partial charge on any atom is 0.162 e. The Labute approximate surface area is 199 Å². The molecule has 0 saturated heterocycles. The zero-order valence-electron chi connectivity index (χ0n) is 17.4. The van der Waals surface area contributed by atoms with Gasteiger partial charge in [0.2, 0.25) is 0 Å². The third-order valence-electron chi connectivity index (χ3n) is 4.86. The molecule has 0 atom stereocenters. The minimum absolute atomic E-state index is 0.204. The van der Waals surface area contributed by atoms with Gasteiger partial charge in [0.15, 0.2) is 11.5 Å². The van der Waals surface area contributed by atoms with Crippen molar-refractivity contribution in [3.63, 3.8) is 0 Å². The molecule has 3 aromatic carbocycles. The van der Waals surface area contributed by atoms with Gasteiger partial charge in [0.1, 0.15) is 18.2 Å². The molecule has 0 radical (unpaired) electrons. The monoisotopic (exact) mass is 517 g/mol. The fourth-order valence-corrected chi connectivity index (χ4v) is 3.98. The lowest BCUT2D eigenvalue weighted by Gasteiger charge is -2.16. The summed E-state index contributed by atoms with van der Waals surface area (Å²) in [6.45, 7) is 3.84. The van der Waals surface area contributed by atoms with E-state index in [0.29, 0.717) is 41.8 Å². The number of nitrogens with zero attached hydrogens (tertiary/aromatic N) is 1. The third kappa shape index (κ3) is 5.41. The van der Waals surface area contributed by atoms with Gasteiger partial charge >= 0.3 is 0 Å². The Kier molecular flexibility index (Phi) is 7.29. The largest absolute Gasteiger partial charge is 0.490 e. The smallest absolute Gasteiger partial charge is 0.162 e. The standard InChI is InChI=1S/C24H22BrClFN3O2/c1-2-31-22-9-16(12-28-13-24-29-20-5-3-4-6-21(20)30-24)18(25)11-23(22)32-14-15-7-8-17(27)10-19(15)26/h3-11,28H,2,12-14H2,1H3,(H,29,30). The number of H-pyrrole nitrogens is 1. The molecule has 0 fully saturated rings. The Morgan fingerprint density at radius 1 is 1.03 bits per heavy atom. The number of para-hydroxylation sites is 2. The van der Waals surface area contributed by atoms with Gasteiger partial charge in [0.05, 0.1) is 29.2 Å². The van der Waals surface area contributed by atoms with Crippen LogP contribution in [0, 0.1) is 5.82 Å². The third-order valence-corrected chi connectivity index (χ3v) is 5.95. The average molecular weight is 519 g/mol. The molecular weight excluding hydrogens is 497 g/mol. The van der Waals surface area contributed by atoms with Crippen LogP contribution in [0.25, 0.3) is 11.0 Å². The fourth-order valence-electron chi connectivity index (χ4n) is 3.29. The zero-order chi connectivity index (χ0) is 22.5. The van der Waals surface area contributed by atoms with E-state index in [4.69, 9.17) is 21.1 Å². The van der Waals surface area contributed by atoms with Crippen molar-refractivity contribution in [2.45, 2.75) is 26.6 Å². The van der Waals surface area contributed by atoms with Crippen LogP contribution >= 0.6 is 27.5 Å². The van der Waals surface area contributed by atoms with Gasteiger partial charge in [0.25, 0.3) is 0 Å². The van der Waals surface area contributed by atoms with Gasteiger partial charge in [0, 0.05) is 16.6 Å². The first-order valence-corrected chi connectivity index (χ1v) is 11.4. The number of ether oxygens (including phenoxy) is 2. The number of imidazole rings is 1. The average Bonchev–Trinajstić information content (AvgIpc) is 3.18. The van der Waals surface area contributed by atoms with Crippen molar-refractivity contribution >= 4 is 38.6 Å². The maximum atomic E-state index is 13.3. The number of rotatable bonds is 9. The highest BCUT2D eigenvalue weighted by atomic mass is 79.9. The van der Waals surface area contributed by atoms with Crippen LogP contribution in [0.1, 0.15) is 23.9 Å². The predicted molar refractivity (Wildman–Crippen MR) is 128 cm³/mol. The normalized spacial score (nSPS) is 11.1. The van der Waals surface area contributed by atoms with Gasteiger partial charge in [-0.2, -0.15) is 0 Å². The van der Waals surface area contributed by atoms with E-state index in [1.165, 1.54) is 12.1 Å². The van der Waals surface area contributed by atoms with Crippen molar-refractivity contribution in [2.24, 2.45) is 0 Å². The lowest BCUT2D eigenvalue weighted by atomic mass is 10.2. The topological polar surface area (TPSA) is 59.2 Å². The van der Waals surface area contributed by atoms with E-state index in [9.17, 15) is 4.39 Å². The SMILES string of the molecule is CCOc1cc(CNCc2nc3ccccc3[nH]2)c(Br)cc1OCc1ccc(F)cc1Cl. The van der Waals surface area contributed by atoms with Crippen molar-refractivity contribution < 1.29 is 13.9 Å². The van der Waals surface area contributed by atoms with E-state index in [1.807, 2.05) is 43.3 Å². The molecule has 0 unspecified atom stereocenters. The summed E-state index contributed by atoms with van der Waals surface area (Å²) in [5.74, 6) is 1.72. The molecule has 8 heteroatoms. The minimum Gasteiger partial charge on any atom is -0.490 e. The lowest BCUT2D eigenvalue weighted by Crippen LogP contribution is -2.14. The van der Waals surface area contributed by atoms with E-state index in [0.717, 1.165) is 26.9 Å². The molecule has 1 aromatic heterocycles. The van der Waals surface area contributed by atoms with Crippen molar-refractivity contribution in [3.05, 3.63) is 86.9 Å². The number of nitrogens with one attached hydrogen (secondary N) is 2. The number of hydrogen-bond donors (Lipinski definition) is 2. The molecule has 4 aromatic rings. The molecule has 32 heavy (non-hydrogen) atoms. The highest BCUT2D eigenvalue weighted by molar-refractivity contribution is 9.10. The van der Waals surface area contributed by atoms with Gasteiger partial charge in [-0.15, -0.1) is 0 Å². The molecule has 0 aliphatic rings.